The van der Waals surface area contributed by atoms with E-state index in [1.807, 2.05) is 0 Å². The number of esters is 1. The van der Waals surface area contributed by atoms with Crippen LogP contribution in [-0.4, -0.2) is 39.6 Å². The van der Waals surface area contributed by atoms with Crippen molar-refractivity contribution in [2.75, 3.05) is 11.9 Å². The minimum Gasteiger partial charge on any atom is -0.462 e. The highest BCUT2D eigenvalue weighted by molar-refractivity contribution is 8.00. The number of alkyl halides is 3. The summed E-state index contributed by atoms with van der Waals surface area (Å²) in [4.78, 5) is 44.9. The van der Waals surface area contributed by atoms with E-state index < -0.39 is 34.9 Å². The lowest BCUT2D eigenvalue weighted by Crippen LogP contribution is -2.23. The Morgan fingerprint density at radius 2 is 1.86 bits per heavy atom. The molecule has 0 aliphatic heterocycles. The molecule has 13 heteroatoms. The maximum atomic E-state index is 13.5. The van der Waals surface area contributed by atoms with Gasteiger partial charge in [-0.3, -0.25) is 9.59 Å². The average Bonchev–Trinajstić information content (AvgIpc) is 3.15. The van der Waals surface area contributed by atoms with Gasteiger partial charge in [0.15, 0.2) is 5.16 Å². The Morgan fingerprint density at radius 1 is 1.19 bits per heavy atom. The van der Waals surface area contributed by atoms with Crippen molar-refractivity contribution in [3.05, 3.63) is 58.1 Å². The number of anilines is 1. The lowest BCUT2D eigenvalue weighted by Gasteiger charge is -2.14. The van der Waals surface area contributed by atoms with Gasteiger partial charge in [-0.2, -0.15) is 13.2 Å². The summed E-state index contributed by atoms with van der Waals surface area (Å²) >= 11 is 1.52. The third-order valence-corrected chi connectivity index (χ3v) is 6.99. The number of amides is 2. The highest BCUT2D eigenvalue weighted by Gasteiger charge is 2.34. The predicted molar refractivity (Wildman–Crippen MR) is 130 cm³/mol. The topological polar surface area (TPSA) is 124 Å². The molecule has 1 aromatic carbocycles. The third-order valence-electron chi connectivity index (χ3n) is 4.80. The van der Waals surface area contributed by atoms with Crippen LogP contribution >= 0.6 is 23.1 Å². The number of nitrogens with one attached hydrogen (secondary N) is 1. The molecular formula is C23H21F3N4O4S2. The van der Waals surface area contributed by atoms with Gasteiger partial charge in [-0.15, -0.1) is 11.3 Å². The first-order valence-corrected chi connectivity index (χ1v) is 12.2. The van der Waals surface area contributed by atoms with Crippen molar-refractivity contribution in [2.45, 2.75) is 37.4 Å². The molecule has 0 aliphatic rings. The molecule has 0 aliphatic carbocycles. The van der Waals surface area contributed by atoms with Gasteiger partial charge < -0.3 is 15.8 Å². The zero-order valence-corrected chi connectivity index (χ0v) is 20.9. The average molecular weight is 539 g/mol. The van der Waals surface area contributed by atoms with E-state index in [0.717, 1.165) is 17.4 Å². The molecule has 3 N–H and O–H groups in total. The van der Waals surface area contributed by atoms with Gasteiger partial charge in [-0.05, 0) is 32.4 Å². The standard InChI is InChI=1S/C23H21F3N4O4S2/c1-4-34-21(33)16-11(2)17(18(27)31)36-20(16)30-19(32)12(3)35-22-28-14(13-8-6-5-7-9-13)10-15(29-22)23(24,25)26/h5-10,12H,4H2,1-3H3,(H2,27,31)(H,30,32)/t12-/m1/s1. The van der Waals surface area contributed by atoms with Crippen LogP contribution in [-0.2, 0) is 15.7 Å². The SMILES string of the molecule is CCOC(=O)c1c(NC(=O)[C@@H](C)Sc2nc(-c3ccccc3)cc(C(F)(F)F)n2)sc(C(N)=O)c1C. The monoisotopic (exact) mass is 538 g/mol. The van der Waals surface area contributed by atoms with E-state index in [0.29, 0.717) is 17.3 Å². The third kappa shape index (κ3) is 6.21. The number of carbonyl (C=O) groups is 3. The molecule has 0 spiro atoms. The molecule has 1 atom stereocenters. The number of benzene rings is 1. The predicted octanol–water partition coefficient (Wildman–Crippen LogP) is 4.93. The number of thioether (sulfide) groups is 1. The van der Waals surface area contributed by atoms with Crippen LogP contribution in [0.2, 0.25) is 0 Å². The summed E-state index contributed by atoms with van der Waals surface area (Å²) in [7, 11) is 0. The minimum absolute atomic E-state index is 0.0112. The van der Waals surface area contributed by atoms with E-state index in [2.05, 4.69) is 15.3 Å². The summed E-state index contributed by atoms with van der Waals surface area (Å²) in [6, 6.07) is 9.11. The lowest BCUT2D eigenvalue weighted by atomic mass is 10.1. The number of carbonyl (C=O) groups excluding carboxylic acids is 3. The number of hydrogen-bond acceptors (Lipinski definition) is 8. The molecule has 0 unspecified atom stereocenters. The molecule has 8 nitrogen and oxygen atoms in total. The molecule has 2 heterocycles. The smallest absolute Gasteiger partial charge is 0.433 e. The number of thiophene rings is 1. The second-order valence-corrected chi connectivity index (χ2v) is 9.71. The summed E-state index contributed by atoms with van der Waals surface area (Å²) in [5.74, 6) is -2.18. The van der Waals surface area contributed by atoms with Crippen LogP contribution in [0.1, 0.15) is 45.1 Å². The second-order valence-electron chi connectivity index (χ2n) is 7.38. The zero-order valence-electron chi connectivity index (χ0n) is 19.3. The Hall–Kier alpha value is -3.45. The lowest BCUT2D eigenvalue weighted by molar-refractivity contribution is -0.141. The van der Waals surface area contributed by atoms with Gasteiger partial charge in [0.25, 0.3) is 5.91 Å². The molecule has 3 rings (SSSR count). The zero-order chi connectivity index (χ0) is 26.6. The van der Waals surface area contributed by atoms with Gasteiger partial charge in [0, 0.05) is 5.56 Å². The number of rotatable bonds is 8. The normalized spacial score (nSPS) is 12.2. The molecule has 36 heavy (non-hydrogen) atoms. The van der Waals surface area contributed by atoms with Crippen LogP contribution in [0.25, 0.3) is 11.3 Å². The first kappa shape index (κ1) is 27.1. The van der Waals surface area contributed by atoms with Gasteiger partial charge in [0.1, 0.15) is 10.7 Å². The molecule has 0 saturated carbocycles. The van der Waals surface area contributed by atoms with Crippen LogP contribution in [0.4, 0.5) is 18.2 Å². The van der Waals surface area contributed by atoms with Crippen LogP contribution in [0.5, 0.6) is 0 Å². The number of primary amides is 1. The Bertz CT molecular complexity index is 1300. The molecule has 0 saturated heterocycles. The first-order valence-electron chi connectivity index (χ1n) is 10.5. The van der Waals surface area contributed by atoms with E-state index in [9.17, 15) is 27.6 Å². The van der Waals surface area contributed by atoms with Gasteiger partial charge >= 0.3 is 12.1 Å². The summed E-state index contributed by atoms with van der Waals surface area (Å²) in [6.45, 7) is 4.62. The van der Waals surface area contributed by atoms with Crippen molar-refractivity contribution >= 4 is 45.9 Å². The van der Waals surface area contributed by atoms with Crippen molar-refractivity contribution in [3.8, 4) is 11.3 Å². The number of aromatic nitrogens is 2. The van der Waals surface area contributed by atoms with Crippen LogP contribution in [0.3, 0.4) is 0 Å². The van der Waals surface area contributed by atoms with E-state index in [-0.39, 0.29) is 38.5 Å². The maximum Gasteiger partial charge on any atom is 0.433 e. The van der Waals surface area contributed by atoms with Crippen molar-refractivity contribution in [3.63, 3.8) is 0 Å². The number of ether oxygens (including phenoxy) is 1. The molecule has 2 aromatic heterocycles. The van der Waals surface area contributed by atoms with Crippen molar-refractivity contribution < 1.29 is 32.3 Å². The van der Waals surface area contributed by atoms with Crippen molar-refractivity contribution in [1.29, 1.82) is 0 Å². The molecule has 190 valence electrons. The first-order chi connectivity index (χ1) is 16.9. The van der Waals surface area contributed by atoms with Crippen LogP contribution in [0, 0.1) is 6.92 Å². The van der Waals surface area contributed by atoms with E-state index in [1.54, 1.807) is 37.3 Å². The van der Waals surface area contributed by atoms with Crippen LogP contribution < -0.4 is 11.1 Å². The number of nitrogens with two attached hydrogens (primary N) is 1. The fraction of sp³-hybridized carbons (Fsp3) is 0.261. The summed E-state index contributed by atoms with van der Waals surface area (Å²) in [6.07, 6.45) is -4.72. The largest absolute Gasteiger partial charge is 0.462 e. The van der Waals surface area contributed by atoms with E-state index >= 15 is 0 Å². The van der Waals surface area contributed by atoms with E-state index in [4.69, 9.17) is 10.5 Å². The Balaban J connectivity index is 1.89. The second kappa shape index (κ2) is 11.1. The molecule has 0 fully saturated rings. The summed E-state index contributed by atoms with van der Waals surface area (Å²) in [5, 5.41) is 1.38. The Morgan fingerprint density at radius 3 is 2.44 bits per heavy atom. The van der Waals surface area contributed by atoms with Crippen molar-refractivity contribution in [1.82, 2.24) is 9.97 Å². The van der Waals surface area contributed by atoms with Crippen LogP contribution in [0.15, 0.2) is 41.6 Å². The molecule has 2 amide bonds. The molecule has 3 aromatic rings. The summed E-state index contributed by atoms with van der Waals surface area (Å²) < 4.78 is 45.4. The highest BCUT2D eigenvalue weighted by Crippen LogP contribution is 2.35. The summed E-state index contributed by atoms with van der Waals surface area (Å²) in [5.41, 5.74) is 4.98. The fourth-order valence-electron chi connectivity index (χ4n) is 3.09. The molecule has 0 bridgehead atoms. The maximum absolute atomic E-state index is 13.5. The number of hydrogen-bond donors (Lipinski definition) is 2. The Kier molecular flexibility index (Phi) is 8.35. The quantitative estimate of drug-likeness (QED) is 0.237. The highest BCUT2D eigenvalue weighted by atomic mass is 32.2. The Labute approximate surface area is 212 Å². The van der Waals surface area contributed by atoms with Gasteiger partial charge in [-0.1, -0.05) is 42.1 Å². The van der Waals surface area contributed by atoms with Crippen molar-refractivity contribution in [2.24, 2.45) is 5.73 Å². The number of nitrogens with zero attached hydrogens (tertiary/aromatic N) is 2. The minimum atomic E-state index is -4.72. The number of halogens is 3. The molecule has 0 radical (unpaired) electrons. The van der Waals surface area contributed by atoms with Gasteiger partial charge in [-0.25, -0.2) is 14.8 Å². The van der Waals surface area contributed by atoms with Gasteiger partial charge in [0.2, 0.25) is 5.91 Å². The molecular weight excluding hydrogens is 517 g/mol. The van der Waals surface area contributed by atoms with E-state index in [1.165, 1.54) is 13.8 Å². The fourth-order valence-corrected chi connectivity index (χ4v) is 4.92. The van der Waals surface area contributed by atoms with Gasteiger partial charge in [0.05, 0.1) is 28.0 Å².